The minimum Gasteiger partial charge on any atom is -0.352 e. The number of hydrogen-bond donors (Lipinski definition) is 0. The Kier molecular flexibility index (Phi) is 5.38. The third-order valence-electron chi connectivity index (χ3n) is 3.42. The van der Waals surface area contributed by atoms with Crippen molar-refractivity contribution in [2.75, 3.05) is 46.1 Å². The maximum absolute atomic E-state index is 5.77. The first-order valence-corrected chi connectivity index (χ1v) is 7.01. The van der Waals surface area contributed by atoms with Gasteiger partial charge in [0.25, 0.3) is 0 Å². The van der Waals surface area contributed by atoms with Crippen LogP contribution in [0.1, 0.15) is 26.7 Å². The van der Waals surface area contributed by atoms with Gasteiger partial charge in [-0.05, 0) is 26.8 Å². The molecule has 0 aromatic rings. The molecule has 2 heterocycles. The van der Waals surface area contributed by atoms with E-state index in [9.17, 15) is 0 Å². The van der Waals surface area contributed by atoms with Crippen LogP contribution < -0.4 is 0 Å². The number of likely N-dealkylation sites (tertiary alicyclic amines) is 1. The lowest BCUT2D eigenvalue weighted by atomic mass is 10.0. The van der Waals surface area contributed by atoms with Gasteiger partial charge in [-0.2, -0.15) is 0 Å². The predicted octanol–water partition coefficient (Wildman–Crippen LogP) is 1.22. The second-order valence-electron chi connectivity index (χ2n) is 4.79. The van der Waals surface area contributed by atoms with Crippen LogP contribution in [0.2, 0.25) is 0 Å². The summed E-state index contributed by atoms with van der Waals surface area (Å²) >= 11 is 0. The summed E-state index contributed by atoms with van der Waals surface area (Å²) in [4.78, 5) is 2.32. The third-order valence-corrected chi connectivity index (χ3v) is 3.42. The highest BCUT2D eigenvalue weighted by atomic mass is 16.7. The van der Waals surface area contributed by atoms with Gasteiger partial charge >= 0.3 is 0 Å². The third kappa shape index (κ3) is 3.65. The van der Waals surface area contributed by atoms with Crippen molar-refractivity contribution < 1.29 is 18.9 Å². The van der Waals surface area contributed by atoms with E-state index in [1.54, 1.807) is 0 Å². The zero-order chi connectivity index (χ0) is 12.8. The van der Waals surface area contributed by atoms with Crippen LogP contribution in [-0.4, -0.2) is 63.0 Å². The maximum Gasteiger partial charge on any atom is 0.181 e. The van der Waals surface area contributed by atoms with E-state index in [1.165, 1.54) is 0 Å². The van der Waals surface area contributed by atoms with Crippen LogP contribution >= 0.6 is 0 Å². The van der Waals surface area contributed by atoms with Crippen molar-refractivity contribution in [3.63, 3.8) is 0 Å². The van der Waals surface area contributed by atoms with Gasteiger partial charge in [-0.3, -0.25) is 4.90 Å². The van der Waals surface area contributed by atoms with Gasteiger partial charge in [0.1, 0.15) is 0 Å². The smallest absolute Gasteiger partial charge is 0.181 e. The summed E-state index contributed by atoms with van der Waals surface area (Å²) in [7, 11) is 0. The molecule has 0 bridgehead atoms. The van der Waals surface area contributed by atoms with Crippen LogP contribution in [0.25, 0.3) is 0 Å². The number of piperidine rings is 1. The van der Waals surface area contributed by atoms with Crippen LogP contribution in [0.5, 0.6) is 0 Å². The quantitative estimate of drug-likeness (QED) is 0.671. The molecule has 2 rings (SSSR count). The zero-order valence-electron chi connectivity index (χ0n) is 11.5. The normalized spacial score (nSPS) is 24.2. The van der Waals surface area contributed by atoms with Crippen LogP contribution in [0.15, 0.2) is 0 Å². The fourth-order valence-electron chi connectivity index (χ4n) is 2.70. The lowest BCUT2D eigenvalue weighted by molar-refractivity contribution is -0.204. The molecule has 2 aliphatic heterocycles. The summed E-state index contributed by atoms with van der Waals surface area (Å²) in [6.45, 7) is 9.44. The minimum atomic E-state index is -0.360. The fourth-order valence-corrected chi connectivity index (χ4v) is 2.70. The van der Waals surface area contributed by atoms with Gasteiger partial charge < -0.3 is 18.9 Å². The van der Waals surface area contributed by atoms with Gasteiger partial charge in [0.2, 0.25) is 0 Å². The molecule has 0 saturated carbocycles. The van der Waals surface area contributed by atoms with Crippen molar-refractivity contribution in [1.29, 1.82) is 0 Å². The van der Waals surface area contributed by atoms with Gasteiger partial charge in [-0.15, -0.1) is 0 Å². The van der Waals surface area contributed by atoms with Crippen LogP contribution in [-0.2, 0) is 18.9 Å². The lowest BCUT2D eigenvalue weighted by Crippen LogP contribution is -2.51. The number of ether oxygens (including phenoxy) is 4. The molecule has 0 N–H and O–H groups in total. The molecule has 0 atom stereocenters. The molecular formula is C13H25NO4. The Balaban J connectivity index is 1.83. The summed E-state index contributed by atoms with van der Waals surface area (Å²) in [6, 6.07) is 0. The molecule has 0 aromatic heterocycles. The highest BCUT2D eigenvalue weighted by Crippen LogP contribution is 2.30. The van der Waals surface area contributed by atoms with E-state index in [1.807, 2.05) is 13.8 Å². The largest absolute Gasteiger partial charge is 0.352 e. The molecule has 2 fully saturated rings. The maximum atomic E-state index is 5.77. The van der Waals surface area contributed by atoms with Crippen molar-refractivity contribution in [3.8, 4) is 0 Å². The van der Waals surface area contributed by atoms with E-state index in [2.05, 4.69) is 4.90 Å². The minimum absolute atomic E-state index is 0.142. The second kappa shape index (κ2) is 6.82. The van der Waals surface area contributed by atoms with E-state index in [0.29, 0.717) is 26.4 Å². The highest BCUT2D eigenvalue weighted by Gasteiger charge is 2.41. The van der Waals surface area contributed by atoms with Crippen molar-refractivity contribution in [1.82, 2.24) is 4.90 Å². The van der Waals surface area contributed by atoms with Crippen LogP contribution in [0, 0.1) is 0 Å². The Morgan fingerprint density at radius 3 is 2.44 bits per heavy atom. The highest BCUT2D eigenvalue weighted by molar-refractivity contribution is 4.84. The molecular weight excluding hydrogens is 234 g/mol. The summed E-state index contributed by atoms with van der Waals surface area (Å²) in [5.74, 6) is -0.360. The standard InChI is InChI=1S/C13H25NO4/c1-3-15-12(16-4-2)10-14-7-5-6-13(11-14)17-8-9-18-13/h12H,3-11H2,1-2H3. The number of hydrogen-bond acceptors (Lipinski definition) is 5. The van der Waals surface area contributed by atoms with E-state index in [0.717, 1.165) is 32.5 Å². The Morgan fingerprint density at radius 2 is 1.83 bits per heavy atom. The fraction of sp³-hybridized carbons (Fsp3) is 1.00. The van der Waals surface area contributed by atoms with E-state index >= 15 is 0 Å². The SMILES string of the molecule is CCOC(CN1CCCC2(C1)OCCO2)OCC. The first-order valence-electron chi connectivity index (χ1n) is 7.01. The summed E-state index contributed by atoms with van der Waals surface area (Å²) in [5.41, 5.74) is 0. The summed E-state index contributed by atoms with van der Waals surface area (Å²) in [6.07, 6.45) is 1.96. The summed E-state index contributed by atoms with van der Waals surface area (Å²) < 4.78 is 22.7. The first-order chi connectivity index (χ1) is 8.78. The van der Waals surface area contributed by atoms with Crippen molar-refractivity contribution in [2.24, 2.45) is 0 Å². The summed E-state index contributed by atoms with van der Waals surface area (Å²) in [5, 5.41) is 0. The van der Waals surface area contributed by atoms with Crippen molar-refractivity contribution in [2.45, 2.75) is 38.8 Å². The molecule has 0 aliphatic carbocycles. The number of rotatable bonds is 6. The van der Waals surface area contributed by atoms with Crippen molar-refractivity contribution >= 4 is 0 Å². The van der Waals surface area contributed by atoms with Crippen LogP contribution in [0.4, 0.5) is 0 Å². The second-order valence-corrected chi connectivity index (χ2v) is 4.79. The van der Waals surface area contributed by atoms with E-state index < -0.39 is 0 Å². The molecule has 0 aromatic carbocycles. The van der Waals surface area contributed by atoms with Gasteiger partial charge in [-0.1, -0.05) is 0 Å². The topological polar surface area (TPSA) is 40.2 Å². The molecule has 0 amide bonds. The predicted molar refractivity (Wildman–Crippen MR) is 67.3 cm³/mol. The Hall–Kier alpha value is -0.200. The van der Waals surface area contributed by atoms with E-state index in [-0.39, 0.29) is 12.1 Å². The molecule has 1 spiro atoms. The molecule has 2 aliphatic rings. The zero-order valence-corrected chi connectivity index (χ0v) is 11.5. The molecule has 0 unspecified atom stereocenters. The van der Waals surface area contributed by atoms with Gasteiger partial charge in [0.05, 0.1) is 19.8 Å². The monoisotopic (exact) mass is 259 g/mol. The average Bonchev–Trinajstić information content (AvgIpc) is 2.78. The van der Waals surface area contributed by atoms with Gasteiger partial charge in [-0.25, -0.2) is 0 Å². The molecule has 106 valence electrons. The Bertz CT molecular complexity index is 237. The molecule has 5 nitrogen and oxygen atoms in total. The van der Waals surface area contributed by atoms with Gasteiger partial charge in [0.15, 0.2) is 12.1 Å². The van der Waals surface area contributed by atoms with Crippen LogP contribution in [0.3, 0.4) is 0 Å². The molecule has 18 heavy (non-hydrogen) atoms. The molecule has 0 radical (unpaired) electrons. The molecule has 2 saturated heterocycles. The average molecular weight is 259 g/mol. The van der Waals surface area contributed by atoms with Gasteiger partial charge in [0, 0.05) is 26.2 Å². The first kappa shape index (κ1) is 14.2. The number of nitrogens with zero attached hydrogens (tertiary/aromatic N) is 1. The Morgan fingerprint density at radius 1 is 1.17 bits per heavy atom. The molecule has 5 heteroatoms. The van der Waals surface area contributed by atoms with E-state index in [4.69, 9.17) is 18.9 Å². The Labute approximate surface area is 109 Å². The lowest BCUT2D eigenvalue weighted by Gasteiger charge is -2.39. The van der Waals surface area contributed by atoms with Crippen molar-refractivity contribution in [3.05, 3.63) is 0 Å².